The first-order valence-corrected chi connectivity index (χ1v) is 12.9. The van der Waals surface area contributed by atoms with Crippen molar-refractivity contribution in [2.45, 2.75) is 17.0 Å². The molecule has 0 atom stereocenters. The predicted octanol–water partition coefficient (Wildman–Crippen LogP) is 2.38. The van der Waals surface area contributed by atoms with Crippen LogP contribution in [0, 0.1) is 6.92 Å². The summed E-state index contributed by atoms with van der Waals surface area (Å²) in [6.07, 6.45) is 0. The van der Waals surface area contributed by atoms with E-state index in [0.29, 0.717) is 11.4 Å². The summed E-state index contributed by atoms with van der Waals surface area (Å²) in [4.78, 5) is 3.74. The highest BCUT2D eigenvalue weighted by Crippen LogP contribution is 2.34. The maximum Gasteiger partial charge on any atom is 0.294 e. The fraction of sp³-hybridized carbons (Fsp3) is 0.214. The van der Waals surface area contributed by atoms with E-state index in [9.17, 15) is 21.9 Å². The van der Waals surface area contributed by atoms with Gasteiger partial charge in [0.25, 0.3) is 20.2 Å². The summed E-state index contributed by atoms with van der Waals surface area (Å²) < 4.78 is 66.6. The molecule has 0 aliphatic heterocycles. The summed E-state index contributed by atoms with van der Waals surface area (Å²) in [6, 6.07) is 5.00. The normalized spacial score (nSPS) is 12.6. The topological polar surface area (TPSA) is 197 Å². The zero-order chi connectivity index (χ0) is 22.8. The molecule has 0 fully saturated rings. The minimum Gasteiger partial charge on any atom is -0.492 e. The maximum absolute atomic E-state index is 11.1. The number of hydrogen-bond acceptors (Lipinski definition) is 12. The van der Waals surface area contributed by atoms with Crippen molar-refractivity contribution in [1.29, 1.82) is 0 Å². The highest BCUT2D eigenvalue weighted by atomic mass is 32.2. The third-order valence-corrected chi connectivity index (χ3v) is 7.00. The lowest BCUT2D eigenvalue weighted by atomic mass is 10.3. The number of thioether (sulfide) groups is 1. The first-order chi connectivity index (χ1) is 14.4. The number of aromatic nitrogens is 4. The van der Waals surface area contributed by atoms with E-state index in [1.807, 2.05) is 0 Å². The van der Waals surface area contributed by atoms with Gasteiger partial charge in [-0.25, -0.2) is 0 Å². The molecule has 0 amide bonds. The molecule has 0 unspecified atom stereocenters. The lowest BCUT2D eigenvalue weighted by Gasteiger charge is -2.03. The Morgan fingerprint density at radius 3 is 2.42 bits per heavy atom. The van der Waals surface area contributed by atoms with E-state index >= 15 is 0 Å². The monoisotopic (exact) mass is 506 g/mol. The van der Waals surface area contributed by atoms with Gasteiger partial charge < -0.3 is 5.11 Å². The summed E-state index contributed by atoms with van der Waals surface area (Å²) >= 11 is 1.92. The van der Waals surface area contributed by atoms with E-state index < -0.39 is 26.0 Å². The van der Waals surface area contributed by atoms with E-state index in [2.05, 4.69) is 24.7 Å². The van der Waals surface area contributed by atoms with E-state index in [4.69, 9.17) is 9.11 Å². The number of hydrogen-bond donors (Lipinski definition) is 3. The maximum atomic E-state index is 11.1. The van der Waals surface area contributed by atoms with Crippen molar-refractivity contribution in [2.24, 2.45) is 10.2 Å². The molecule has 0 radical (unpaired) electrons. The van der Waals surface area contributed by atoms with Crippen LogP contribution < -0.4 is 0 Å². The summed E-state index contributed by atoms with van der Waals surface area (Å²) in [6.45, 7) is 1.58. The summed E-state index contributed by atoms with van der Waals surface area (Å²) in [5.41, 5.74) is 0.699. The number of rotatable bonds is 8. The fourth-order valence-corrected chi connectivity index (χ4v) is 4.97. The van der Waals surface area contributed by atoms with Crippen LogP contribution in [0.2, 0.25) is 0 Å². The molecular formula is C14H14N6O7S4. The van der Waals surface area contributed by atoms with Gasteiger partial charge in [-0.2, -0.15) is 36.0 Å². The molecule has 0 aliphatic rings. The second-order valence-electron chi connectivity index (χ2n) is 5.83. The van der Waals surface area contributed by atoms with Gasteiger partial charge in [-0.05, 0) is 31.2 Å². The minimum atomic E-state index is -4.35. The summed E-state index contributed by atoms with van der Waals surface area (Å²) in [5.74, 6) is -0.728. The van der Waals surface area contributed by atoms with Crippen LogP contribution in [-0.4, -0.2) is 61.7 Å². The van der Waals surface area contributed by atoms with Gasteiger partial charge in [-0.15, -0.1) is 10.2 Å². The Morgan fingerprint density at radius 2 is 1.81 bits per heavy atom. The van der Waals surface area contributed by atoms with E-state index in [-0.39, 0.29) is 32.5 Å². The molecule has 2 heterocycles. The highest BCUT2D eigenvalue weighted by Gasteiger charge is 2.17. The number of azo groups is 1. The first-order valence-electron chi connectivity index (χ1n) is 8.14. The molecule has 3 N–H and O–H groups in total. The van der Waals surface area contributed by atoms with Gasteiger partial charge in [-0.1, -0.05) is 11.8 Å². The van der Waals surface area contributed by atoms with Gasteiger partial charge in [0.2, 0.25) is 16.2 Å². The molecule has 13 nitrogen and oxygen atoms in total. The summed E-state index contributed by atoms with van der Waals surface area (Å²) in [7, 11) is -8.41. The van der Waals surface area contributed by atoms with E-state index in [1.54, 1.807) is 6.92 Å². The Balaban J connectivity index is 1.76. The molecule has 0 saturated carbocycles. The van der Waals surface area contributed by atoms with E-state index in [1.165, 1.54) is 12.1 Å². The molecule has 1 aromatic carbocycles. The second-order valence-corrected chi connectivity index (χ2v) is 10.6. The molecule has 0 aliphatic carbocycles. The molecule has 166 valence electrons. The largest absolute Gasteiger partial charge is 0.492 e. The molecular weight excluding hydrogens is 492 g/mol. The lowest BCUT2D eigenvalue weighted by molar-refractivity contribution is 0.434. The minimum absolute atomic E-state index is 0.0506. The Bertz CT molecular complexity index is 1330. The van der Waals surface area contributed by atoms with Crippen LogP contribution in [0.15, 0.2) is 44.5 Å². The van der Waals surface area contributed by atoms with Crippen LogP contribution in [0.3, 0.4) is 0 Å². The number of aromatic hydroxyl groups is 1. The molecule has 2 aromatic heterocycles. The Labute approximate surface area is 184 Å². The molecule has 0 bridgehead atoms. The van der Waals surface area contributed by atoms with Crippen LogP contribution in [0.25, 0.3) is 5.69 Å². The van der Waals surface area contributed by atoms with Crippen molar-refractivity contribution in [3.63, 3.8) is 0 Å². The van der Waals surface area contributed by atoms with Gasteiger partial charge in [-0.3, -0.25) is 9.11 Å². The Hall–Kier alpha value is -2.44. The van der Waals surface area contributed by atoms with E-state index in [0.717, 1.165) is 40.1 Å². The number of nitrogens with zero attached hydrogens (tertiary/aromatic N) is 6. The first kappa shape index (κ1) is 23.2. The van der Waals surface area contributed by atoms with Crippen LogP contribution >= 0.6 is 23.3 Å². The Morgan fingerprint density at radius 1 is 1.13 bits per heavy atom. The molecule has 3 rings (SSSR count). The van der Waals surface area contributed by atoms with Gasteiger partial charge >= 0.3 is 0 Å². The van der Waals surface area contributed by atoms with Crippen LogP contribution in [-0.2, 0) is 20.2 Å². The molecule has 31 heavy (non-hydrogen) atoms. The smallest absolute Gasteiger partial charge is 0.294 e. The van der Waals surface area contributed by atoms with Crippen LogP contribution in [0.1, 0.15) is 5.69 Å². The predicted molar refractivity (Wildman–Crippen MR) is 111 cm³/mol. The quantitative estimate of drug-likeness (QED) is 0.230. The number of benzene rings is 1. The SMILES string of the molecule is Cc1nn(-c2ccc(S(=O)(=O)O)cc2)c(O)c1N=Nc1nc(SCCS(=O)(=O)O)ns1. The average Bonchev–Trinajstić information content (AvgIpc) is 3.23. The molecule has 0 spiro atoms. The van der Waals surface area contributed by atoms with Gasteiger partial charge in [0.15, 0.2) is 5.69 Å². The molecule has 3 aromatic rings. The third kappa shape index (κ3) is 6.05. The van der Waals surface area contributed by atoms with Crippen molar-refractivity contribution >= 4 is 54.3 Å². The van der Waals surface area contributed by atoms with Crippen molar-refractivity contribution in [3.05, 3.63) is 30.0 Å². The van der Waals surface area contributed by atoms with Gasteiger partial charge in [0, 0.05) is 17.3 Å². The highest BCUT2D eigenvalue weighted by molar-refractivity contribution is 8.00. The van der Waals surface area contributed by atoms with Gasteiger partial charge in [0.1, 0.15) is 0 Å². The Kier molecular flexibility index (Phi) is 6.72. The third-order valence-electron chi connectivity index (χ3n) is 3.59. The average molecular weight is 507 g/mol. The van der Waals surface area contributed by atoms with Crippen molar-refractivity contribution in [2.75, 3.05) is 11.5 Å². The zero-order valence-electron chi connectivity index (χ0n) is 15.5. The standard InChI is InChI=1S/C14H14N6O7S4/c1-8-11(16-17-13-15-14(19-29-13)28-6-7-30(22,23)24)12(21)20(18-8)9-2-4-10(5-3-9)31(25,26)27/h2-5,21H,6-7H2,1H3,(H,22,23,24)(H,25,26,27). The molecule has 0 saturated heterocycles. The lowest BCUT2D eigenvalue weighted by Crippen LogP contribution is -2.05. The zero-order valence-corrected chi connectivity index (χ0v) is 18.8. The second kappa shape index (κ2) is 8.97. The molecule has 17 heteroatoms. The fourth-order valence-electron chi connectivity index (χ4n) is 2.20. The van der Waals surface area contributed by atoms with Crippen molar-refractivity contribution in [1.82, 2.24) is 19.1 Å². The van der Waals surface area contributed by atoms with Crippen molar-refractivity contribution < 1.29 is 31.0 Å². The summed E-state index contributed by atoms with van der Waals surface area (Å²) in [5, 5.41) is 22.8. The van der Waals surface area contributed by atoms with Crippen molar-refractivity contribution in [3.8, 4) is 11.6 Å². The van der Waals surface area contributed by atoms with Gasteiger partial charge in [0.05, 0.1) is 22.0 Å². The van der Waals surface area contributed by atoms with Crippen LogP contribution in [0.5, 0.6) is 5.88 Å². The van der Waals surface area contributed by atoms with Crippen LogP contribution in [0.4, 0.5) is 10.8 Å². The number of aryl methyl sites for hydroxylation is 1.